The third kappa shape index (κ3) is 5.17. The number of benzene rings is 2. The molecule has 4 rings (SSSR count). The topological polar surface area (TPSA) is 124 Å². The minimum Gasteiger partial charge on any atom is -0.495 e. The Bertz CT molecular complexity index is 1160. The Kier molecular flexibility index (Phi) is 6.64. The molecule has 0 aliphatic carbocycles. The van der Waals surface area contributed by atoms with Crippen LogP contribution in [0.3, 0.4) is 0 Å². The third-order valence-corrected chi connectivity index (χ3v) is 5.74. The molecule has 0 radical (unpaired) electrons. The van der Waals surface area contributed by atoms with E-state index in [9.17, 15) is 14.9 Å². The number of rotatable bonds is 7. The predicted octanol–water partition coefficient (Wildman–Crippen LogP) is 3.81. The zero-order valence-electron chi connectivity index (χ0n) is 18.5. The van der Waals surface area contributed by atoms with Crippen LogP contribution in [0.4, 0.5) is 11.4 Å². The highest BCUT2D eigenvalue weighted by atomic mass is 16.6. The lowest BCUT2D eigenvalue weighted by atomic mass is 9.97. The van der Waals surface area contributed by atoms with Crippen LogP contribution in [0.1, 0.15) is 24.3 Å². The molecular formula is C23H25N5O5. The van der Waals surface area contributed by atoms with E-state index >= 15 is 0 Å². The van der Waals surface area contributed by atoms with Crippen molar-refractivity contribution >= 4 is 17.3 Å². The molecule has 2 aromatic carbocycles. The van der Waals surface area contributed by atoms with Gasteiger partial charge in [0.05, 0.1) is 30.2 Å². The van der Waals surface area contributed by atoms with Crippen LogP contribution in [0.25, 0.3) is 11.4 Å². The molecule has 172 valence electrons. The van der Waals surface area contributed by atoms with Gasteiger partial charge in [-0.1, -0.05) is 29.4 Å². The summed E-state index contributed by atoms with van der Waals surface area (Å²) >= 11 is 0. The zero-order chi connectivity index (χ0) is 23.4. The number of aromatic nitrogens is 2. The van der Waals surface area contributed by atoms with E-state index in [2.05, 4.69) is 20.4 Å². The first-order valence-corrected chi connectivity index (χ1v) is 10.7. The highest BCUT2D eigenvalue weighted by molar-refractivity contribution is 5.94. The summed E-state index contributed by atoms with van der Waals surface area (Å²) in [5.41, 5.74) is 2.16. The second-order valence-electron chi connectivity index (χ2n) is 8.03. The van der Waals surface area contributed by atoms with Crippen LogP contribution in [0.5, 0.6) is 5.75 Å². The molecular weight excluding hydrogens is 426 g/mol. The molecule has 1 aliphatic rings. The van der Waals surface area contributed by atoms with E-state index in [1.54, 1.807) is 0 Å². The maximum atomic E-state index is 12.9. The Labute approximate surface area is 190 Å². The van der Waals surface area contributed by atoms with E-state index in [4.69, 9.17) is 9.26 Å². The first kappa shape index (κ1) is 22.4. The maximum absolute atomic E-state index is 12.9. The normalized spacial score (nSPS) is 16.4. The monoisotopic (exact) mass is 451 g/mol. The average molecular weight is 451 g/mol. The Morgan fingerprint density at radius 1 is 1.33 bits per heavy atom. The summed E-state index contributed by atoms with van der Waals surface area (Å²) in [5.74, 6) is 0.934. The summed E-state index contributed by atoms with van der Waals surface area (Å²) in [4.78, 5) is 30.1. The highest BCUT2D eigenvalue weighted by Gasteiger charge is 2.28. The van der Waals surface area contributed by atoms with Gasteiger partial charge in [-0.3, -0.25) is 19.8 Å². The Morgan fingerprint density at radius 3 is 2.91 bits per heavy atom. The summed E-state index contributed by atoms with van der Waals surface area (Å²) in [6, 6.07) is 12.0. The van der Waals surface area contributed by atoms with Crippen molar-refractivity contribution in [3.05, 3.63) is 64.0 Å². The van der Waals surface area contributed by atoms with Gasteiger partial charge in [0.1, 0.15) is 5.75 Å². The van der Waals surface area contributed by atoms with Crippen molar-refractivity contribution in [1.82, 2.24) is 15.0 Å². The van der Waals surface area contributed by atoms with Crippen LogP contribution in [-0.2, 0) is 11.3 Å². The number of non-ortho nitro benzene ring substituents is 1. The third-order valence-electron chi connectivity index (χ3n) is 5.74. The van der Waals surface area contributed by atoms with Crippen molar-refractivity contribution in [2.75, 3.05) is 25.5 Å². The summed E-state index contributed by atoms with van der Waals surface area (Å²) in [7, 11) is 1.45. The van der Waals surface area contributed by atoms with Crippen molar-refractivity contribution in [1.29, 1.82) is 0 Å². The first-order valence-electron chi connectivity index (χ1n) is 10.7. The van der Waals surface area contributed by atoms with Crippen LogP contribution in [0.2, 0.25) is 0 Å². The molecule has 1 fully saturated rings. The number of hydrogen-bond acceptors (Lipinski definition) is 8. The maximum Gasteiger partial charge on any atom is 0.271 e. The number of likely N-dealkylation sites (tertiary alicyclic amines) is 1. The molecule has 1 unspecified atom stereocenters. The summed E-state index contributed by atoms with van der Waals surface area (Å²) in [6.45, 7) is 3.77. The van der Waals surface area contributed by atoms with Crippen LogP contribution < -0.4 is 10.1 Å². The fourth-order valence-corrected chi connectivity index (χ4v) is 4.00. The predicted molar refractivity (Wildman–Crippen MR) is 121 cm³/mol. The van der Waals surface area contributed by atoms with Crippen molar-refractivity contribution < 1.29 is 19.0 Å². The number of amides is 1. The molecule has 10 heteroatoms. The number of nitro benzene ring substituents is 1. The first-order chi connectivity index (χ1) is 15.9. The lowest BCUT2D eigenvalue weighted by Gasteiger charge is -2.30. The van der Waals surface area contributed by atoms with Gasteiger partial charge in [-0.05, 0) is 37.9 Å². The van der Waals surface area contributed by atoms with Crippen LogP contribution >= 0.6 is 0 Å². The van der Waals surface area contributed by atoms with Gasteiger partial charge in [0.25, 0.3) is 5.69 Å². The molecule has 1 aliphatic heterocycles. The molecule has 0 bridgehead atoms. The van der Waals surface area contributed by atoms with E-state index < -0.39 is 4.92 Å². The van der Waals surface area contributed by atoms with Crippen LogP contribution in [0.15, 0.2) is 47.0 Å². The average Bonchev–Trinajstić information content (AvgIpc) is 3.27. The quantitative estimate of drug-likeness (QED) is 0.425. The number of piperidine rings is 1. The molecule has 1 N–H and O–H groups in total. The van der Waals surface area contributed by atoms with Gasteiger partial charge in [0, 0.05) is 24.2 Å². The fourth-order valence-electron chi connectivity index (χ4n) is 4.00. The molecule has 2 heterocycles. The fraction of sp³-hybridized carbons (Fsp3) is 0.348. The molecule has 10 nitrogen and oxygen atoms in total. The van der Waals surface area contributed by atoms with Gasteiger partial charge in [0.15, 0.2) is 0 Å². The number of nitro groups is 1. The molecule has 33 heavy (non-hydrogen) atoms. The van der Waals surface area contributed by atoms with Gasteiger partial charge in [-0.2, -0.15) is 4.98 Å². The Morgan fingerprint density at radius 2 is 2.15 bits per heavy atom. The molecule has 0 spiro atoms. The van der Waals surface area contributed by atoms with E-state index in [1.165, 1.54) is 25.3 Å². The molecule has 1 aromatic heterocycles. The number of anilines is 1. The number of carbonyl (C=O) groups excluding carboxylic acids is 1. The lowest BCUT2D eigenvalue weighted by Crippen LogP contribution is -2.40. The number of ether oxygens (including phenoxy) is 1. The van der Waals surface area contributed by atoms with Crippen LogP contribution in [0, 0.1) is 23.0 Å². The van der Waals surface area contributed by atoms with Crippen molar-refractivity contribution in [2.24, 2.45) is 5.92 Å². The van der Waals surface area contributed by atoms with Gasteiger partial charge in [0.2, 0.25) is 17.6 Å². The van der Waals surface area contributed by atoms with Crippen LogP contribution in [-0.4, -0.2) is 46.1 Å². The number of aryl methyl sites for hydroxylation is 1. The van der Waals surface area contributed by atoms with E-state index in [0.29, 0.717) is 30.6 Å². The summed E-state index contributed by atoms with van der Waals surface area (Å²) < 4.78 is 10.7. The molecule has 1 amide bonds. The van der Waals surface area contributed by atoms with E-state index in [1.807, 2.05) is 31.2 Å². The lowest BCUT2D eigenvalue weighted by molar-refractivity contribution is -0.384. The largest absolute Gasteiger partial charge is 0.495 e. The van der Waals surface area contributed by atoms with Gasteiger partial charge < -0.3 is 14.6 Å². The second kappa shape index (κ2) is 9.78. The zero-order valence-corrected chi connectivity index (χ0v) is 18.5. The Balaban J connectivity index is 1.41. The number of nitrogens with one attached hydrogen (secondary N) is 1. The van der Waals surface area contributed by atoms with Gasteiger partial charge in [-0.15, -0.1) is 0 Å². The number of carbonyl (C=O) groups is 1. The minimum atomic E-state index is -0.507. The standard InChI is InChI=1S/C23H25N5O5/c1-15-6-3-4-8-18(15)22-25-21(33-26-22)14-27-11-5-7-16(13-27)23(29)24-19-12-17(28(30)31)9-10-20(19)32-2/h3-4,6,8-10,12,16H,5,7,11,13-14H2,1-2H3,(H,24,29). The molecule has 0 saturated carbocycles. The second-order valence-corrected chi connectivity index (χ2v) is 8.03. The SMILES string of the molecule is COc1ccc([N+](=O)[O-])cc1NC(=O)C1CCCN(Cc2nc(-c3ccccc3C)no2)C1. The van der Waals surface area contributed by atoms with Crippen molar-refractivity contribution in [3.63, 3.8) is 0 Å². The van der Waals surface area contributed by atoms with E-state index in [-0.39, 0.29) is 23.2 Å². The van der Waals surface area contributed by atoms with Crippen molar-refractivity contribution in [2.45, 2.75) is 26.3 Å². The number of methoxy groups -OCH3 is 1. The highest BCUT2D eigenvalue weighted by Crippen LogP contribution is 2.30. The summed E-state index contributed by atoms with van der Waals surface area (Å²) in [5, 5.41) is 18.0. The molecule has 1 atom stereocenters. The smallest absolute Gasteiger partial charge is 0.271 e. The Hall–Kier alpha value is -3.79. The van der Waals surface area contributed by atoms with Crippen molar-refractivity contribution in [3.8, 4) is 17.1 Å². The minimum absolute atomic E-state index is 0.114. The van der Waals surface area contributed by atoms with Gasteiger partial charge in [-0.25, -0.2) is 0 Å². The molecule has 3 aromatic rings. The van der Waals surface area contributed by atoms with E-state index in [0.717, 1.165) is 30.5 Å². The number of hydrogen-bond donors (Lipinski definition) is 1. The van der Waals surface area contributed by atoms with Gasteiger partial charge >= 0.3 is 0 Å². The summed E-state index contributed by atoms with van der Waals surface area (Å²) in [6.07, 6.45) is 1.56. The molecule has 1 saturated heterocycles. The number of nitrogens with zero attached hydrogens (tertiary/aromatic N) is 4.